The van der Waals surface area contributed by atoms with Crippen LogP contribution in [0.3, 0.4) is 0 Å². The number of hydrogen-bond donors (Lipinski definition) is 2. The lowest BCUT2D eigenvalue weighted by molar-refractivity contribution is -0.145. The molecule has 0 amide bonds. The first kappa shape index (κ1) is 16.4. The fraction of sp³-hybridized carbons (Fsp3) is 0.533. The van der Waals surface area contributed by atoms with Crippen molar-refractivity contribution in [3.8, 4) is 5.75 Å². The molecule has 1 rings (SSSR count). The van der Waals surface area contributed by atoms with Crippen LogP contribution in [0.25, 0.3) is 0 Å². The lowest BCUT2D eigenvalue weighted by atomic mass is 10.1. The maximum Gasteiger partial charge on any atom is 0.344 e. The molecule has 1 unspecified atom stereocenters. The number of aliphatic carboxylic acids is 1. The van der Waals surface area contributed by atoms with Crippen LogP contribution in [0.2, 0.25) is 0 Å². The van der Waals surface area contributed by atoms with Crippen LogP contribution >= 0.6 is 0 Å². The van der Waals surface area contributed by atoms with Gasteiger partial charge in [0.05, 0.1) is 0 Å². The highest BCUT2D eigenvalue weighted by Gasteiger charge is 2.18. The predicted molar refractivity (Wildman–Crippen MR) is 75.3 cm³/mol. The van der Waals surface area contributed by atoms with Gasteiger partial charge < -0.3 is 15.2 Å². The summed E-state index contributed by atoms with van der Waals surface area (Å²) >= 11 is 0. The number of nitrogens with one attached hydrogen (secondary N) is 1. The van der Waals surface area contributed by atoms with Crippen LogP contribution in [0.15, 0.2) is 18.2 Å². The third-order valence-electron chi connectivity index (χ3n) is 2.81. The highest BCUT2D eigenvalue weighted by molar-refractivity contribution is 5.72. The minimum Gasteiger partial charge on any atom is -0.479 e. The summed E-state index contributed by atoms with van der Waals surface area (Å²) in [6.45, 7) is 7.13. The first-order chi connectivity index (χ1) is 9.43. The Morgan fingerprint density at radius 1 is 1.45 bits per heavy atom. The zero-order valence-corrected chi connectivity index (χ0v) is 12.1. The van der Waals surface area contributed by atoms with E-state index in [0.717, 1.165) is 6.54 Å². The van der Waals surface area contributed by atoms with Crippen LogP contribution in [0.1, 0.15) is 32.8 Å². The highest BCUT2D eigenvalue weighted by atomic mass is 19.1. The number of carboxylic acid groups (broad SMARTS) is 1. The van der Waals surface area contributed by atoms with Gasteiger partial charge in [0.25, 0.3) is 0 Å². The molecule has 4 nitrogen and oxygen atoms in total. The smallest absolute Gasteiger partial charge is 0.344 e. The van der Waals surface area contributed by atoms with E-state index in [2.05, 4.69) is 19.2 Å². The number of carboxylic acids is 1. The molecule has 0 spiro atoms. The van der Waals surface area contributed by atoms with Crippen molar-refractivity contribution in [2.75, 3.05) is 6.54 Å². The van der Waals surface area contributed by atoms with Gasteiger partial charge in [0.1, 0.15) is 11.6 Å². The Morgan fingerprint density at radius 3 is 2.70 bits per heavy atom. The first-order valence-corrected chi connectivity index (χ1v) is 6.82. The second-order valence-electron chi connectivity index (χ2n) is 5.13. The zero-order chi connectivity index (χ0) is 15.1. The molecule has 0 radical (unpaired) electrons. The molecular formula is C15H22FNO3. The fourth-order valence-electron chi connectivity index (χ4n) is 1.76. The zero-order valence-electron chi connectivity index (χ0n) is 12.1. The lowest BCUT2D eigenvalue weighted by Crippen LogP contribution is -2.27. The Morgan fingerprint density at radius 2 is 2.15 bits per heavy atom. The third kappa shape index (κ3) is 5.17. The van der Waals surface area contributed by atoms with Gasteiger partial charge in [-0.3, -0.25) is 0 Å². The number of halogens is 1. The minimum absolute atomic E-state index is 0.353. The molecule has 20 heavy (non-hydrogen) atoms. The van der Waals surface area contributed by atoms with E-state index in [1.807, 2.05) is 0 Å². The van der Waals surface area contributed by atoms with Gasteiger partial charge in [0.2, 0.25) is 0 Å². The van der Waals surface area contributed by atoms with Crippen molar-refractivity contribution in [3.05, 3.63) is 29.6 Å². The van der Waals surface area contributed by atoms with Crippen LogP contribution < -0.4 is 10.1 Å². The Labute approximate surface area is 119 Å². The summed E-state index contributed by atoms with van der Waals surface area (Å²) in [4.78, 5) is 11.0. The first-order valence-electron chi connectivity index (χ1n) is 6.82. The summed E-state index contributed by atoms with van der Waals surface area (Å²) in [6.07, 6.45) is -0.560. The molecule has 0 bridgehead atoms. The van der Waals surface area contributed by atoms with Crippen LogP contribution in [0.5, 0.6) is 5.75 Å². The lowest BCUT2D eigenvalue weighted by Gasteiger charge is -2.17. The van der Waals surface area contributed by atoms with Gasteiger partial charge in [-0.1, -0.05) is 20.8 Å². The molecule has 2 N–H and O–H groups in total. The van der Waals surface area contributed by atoms with E-state index in [1.165, 1.54) is 18.2 Å². The number of hydrogen-bond acceptors (Lipinski definition) is 3. The van der Waals surface area contributed by atoms with Gasteiger partial charge in [0.15, 0.2) is 6.10 Å². The molecule has 0 aliphatic heterocycles. The molecule has 0 aliphatic rings. The Kier molecular flexibility index (Phi) is 6.45. The second-order valence-corrected chi connectivity index (χ2v) is 5.13. The SMILES string of the molecule is CCC(Oc1ccc(F)cc1CNCC(C)C)C(=O)O. The number of carbonyl (C=O) groups is 1. The summed E-state index contributed by atoms with van der Waals surface area (Å²) < 4.78 is 18.8. The molecular weight excluding hydrogens is 261 g/mol. The maximum atomic E-state index is 13.3. The second kappa shape index (κ2) is 7.85. The molecule has 5 heteroatoms. The van der Waals surface area contributed by atoms with Crippen molar-refractivity contribution in [1.82, 2.24) is 5.32 Å². The number of ether oxygens (including phenoxy) is 1. The van der Waals surface area contributed by atoms with Gasteiger partial charge in [-0.15, -0.1) is 0 Å². The van der Waals surface area contributed by atoms with E-state index in [9.17, 15) is 9.18 Å². The Balaban J connectivity index is 2.81. The number of rotatable bonds is 8. The van der Waals surface area contributed by atoms with Crippen molar-refractivity contribution in [3.63, 3.8) is 0 Å². The largest absolute Gasteiger partial charge is 0.479 e. The summed E-state index contributed by atoms with van der Waals surface area (Å²) in [5.41, 5.74) is 0.630. The topological polar surface area (TPSA) is 58.6 Å². The fourth-order valence-corrected chi connectivity index (χ4v) is 1.76. The monoisotopic (exact) mass is 283 g/mol. The van der Waals surface area contributed by atoms with Gasteiger partial charge in [0, 0.05) is 12.1 Å². The van der Waals surface area contributed by atoms with Gasteiger partial charge in [-0.2, -0.15) is 0 Å². The van der Waals surface area contributed by atoms with Crippen LogP contribution in [-0.4, -0.2) is 23.7 Å². The molecule has 1 atom stereocenters. The molecule has 0 saturated carbocycles. The van der Waals surface area contributed by atoms with Crippen LogP contribution in [0, 0.1) is 11.7 Å². The summed E-state index contributed by atoms with van der Waals surface area (Å²) in [7, 11) is 0. The molecule has 0 aromatic heterocycles. The van der Waals surface area contributed by atoms with Crippen molar-refractivity contribution in [2.24, 2.45) is 5.92 Å². The average molecular weight is 283 g/mol. The minimum atomic E-state index is -1.02. The van der Waals surface area contributed by atoms with Gasteiger partial charge in [-0.05, 0) is 37.1 Å². The van der Waals surface area contributed by atoms with Crippen molar-refractivity contribution >= 4 is 5.97 Å². The van der Waals surface area contributed by atoms with Crippen molar-refractivity contribution < 1.29 is 19.0 Å². The quantitative estimate of drug-likeness (QED) is 0.770. The third-order valence-corrected chi connectivity index (χ3v) is 2.81. The standard InChI is InChI=1S/C15H22FNO3/c1-4-13(15(18)19)20-14-6-5-12(16)7-11(14)9-17-8-10(2)3/h5-7,10,13,17H,4,8-9H2,1-3H3,(H,18,19). The molecule has 0 fully saturated rings. The normalized spacial score (nSPS) is 12.4. The van der Waals surface area contributed by atoms with Crippen molar-refractivity contribution in [1.29, 1.82) is 0 Å². The van der Waals surface area contributed by atoms with E-state index in [1.54, 1.807) is 6.92 Å². The molecule has 0 heterocycles. The van der Waals surface area contributed by atoms with E-state index in [0.29, 0.717) is 30.2 Å². The predicted octanol–water partition coefficient (Wildman–Crippen LogP) is 2.81. The summed E-state index contributed by atoms with van der Waals surface area (Å²) in [5.74, 6) is -0.479. The number of benzene rings is 1. The maximum absolute atomic E-state index is 13.3. The molecule has 1 aromatic rings. The van der Waals surface area contributed by atoms with E-state index in [4.69, 9.17) is 9.84 Å². The summed E-state index contributed by atoms with van der Waals surface area (Å²) in [6, 6.07) is 4.13. The Hall–Kier alpha value is -1.62. The average Bonchev–Trinajstić information content (AvgIpc) is 2.37. The molecule has 0 aliphatic carbocycles. The Bertz CT molecular complexity index is 449. The highest BCUT2D eigenvalue weighted by Crippen LogP contribution is 2.22. The van der Waals surface area contributed by atoms with Crippen LogP contribution in [-0.2, 0) is 11.3 Å². The van der Waals surface area contributed by atoms with E-state index in [-0.39, 0.29) is 5.82 Å². The van der Waals surface area contributed by atoms with E-state index < -0.39 is 12.1 Å². The van der Waals surface area contributed by atoms with Crippen LogP contribution in [0.4, 0.5) is 4.39 Å². The van der Waals surface area contributed by atoms with Gasteiger partial charge >= 0.3 is 5.97 Å². The van der Waals surface area contributed by atoms with E-state index >= 15 is 0 Å². The molecule has 112 valence electrons. The molecule has 0 saturated heterocycles. The van der Waals surface area contributed by atoms with Crippen molar-refractivity contribution in [2.45, 2.75) is 39.8 Å². The molecule has 1 aromatic carbocycles. The van der Waals surface area contributed by atoms with Gasteiger partial charge in [-0.25, -0.2) is 9.18 Å². The summed E-state index contributed by atoms with van der Waals surface area (Å²) in [5, 5.41) is 12.2.